The fourth-order valence-electron chi connectivity index (χ4n) is 5.22. The van der Waals surface area contributed by atoms with Crippen molar-refractivity contribution in [3.05, 3.63) is 29.6 Å². The first-order valence-corrected chi connectivity index (χ1v) is 10.2. The molecular formula is C21H30FN3O2. The highest BCUT2D eigenvalue weighted by molar-refractivity contribution is 5.86. The van der Waals surface area contributed by atoms with Crippen LogP contribution in [0.2, 0.25) is 0 Å². The van der Waals surface area contributed by atoms with Crippen LogP contribution in [0.1, 0.15) is 50.5 Å². The summed E-state index contributed by atoms with van der Waals surface area (Å²) in [5.41, 5.74) is 6.59. The van der Waals surface area contributed by atoms with Crippen molar-refractivity contribution >= 4 is 11.6 Å². The highest BCUT2D eigenvalue weighted by atomic mass is 19.1. The van der Waals surface area contributed by atoms with Gasteiger partial charge in [-0.2, -0.15) is 0 Å². The molecule has 2 heterocycles. The van der Waals surface area contributed by atoms with Crippen LogP contribution < -0.4 is 10.6 Å². The van der Waals surface area contributed by atoms with E-state index in [-0.39, 0.29) is 29.3 Å². The van der Waals surface area contributed by atoms with Crippen LogP contribution in [0.4, 0.5) is 10.1 Å². The minimum absolute atomic E-state index is 0.211. The average molecular weight is 375 g/mol. The number of hydrogen-bond donors (Lipinski definition) is 2. The van der Waals surface area contributed by atoms with Crippen molar-refractivity contribution in [2.75, 3.05) is 24.5 Å². The third-order valence-corrected chi connectivity index (χ3v) is 6.82. The largest absolute Gasteiger partial charge is 0.393 e. The Kier molecular flexibility index (Phi) is 5.12. The van der Waals surface area contributed by atoms with Crippen LogP contribution >= 0.6 is 0 Å². The fourth-order valence-corrected chi connectivity index (χ4v) is 5.22. The van der Waals surface area contributed by atoms with E-state index in [0.717, 1.165) is 63.6 Å². The van der Waals surface area contributed by atoms with E-state index in [2.05, 4.69) is 4.90 Å². The normalized spacial score (nSPS) is 31.7. The molecule has 1 spiro atoms. The Hall–Kier alpha value is -1.66. The first kappa shape index (κ1) is 18.7. The van der Waals surface area contributed by atoms with E-state index in [1.165, 1.54) is 6.07 Å². The lowest BCUT2D eigenvalue weighted by Gasteiger charge is -2.41. The number of halogens is 1. The molecule has 5 nitrogen and oxygen atoms in total. The molecular weight excluding hydrogens is 345 g/mol. The van der Waals surface area contributed by atoms with Crippen molar-refractivity contribution in [1.82, 2.24) is 4.90 Å². The first-order valence-electron chi connectivity index (χ1n) is 10.2. The van der Waals surface area contributed by atoms with Crippen LogP contribution in [-0.4, -0.2) is 47.7 Å². The van der Waals surface area contributed by atoms with Crippen molar-refractivity contribution in [3.8, 4) is 0 Å². The van der Waals surface area contributed by atoms with Crippen LogP contribution in [0.25, 0.3) is 0 Å². The van der Waals surface area contributed by atoms with Gasteiger partial charge in [-0.15, -0.1) is 0 Å². The molecule has 3 fully saturated rings. The van der Waals surface area contributed by atoms with Crippen LogP contribution in [0, 0.1) is 11.2 Å². The molecule has 1 saturated carbocycles. The molecule has 4 rings (SSSR count). The zero-order valence-corrected chi connectivity index (χ0v) is 15.9. The second kappa shape index (κ2) is 7.40. The van der Waals surface area contributed by atoms with Gasteiger partial charge in [0.2, 0.25) is 5.91 Å². The summed E-state index contributed by atoms with van der Waals surface area (Å²) >= 11 is 0. The van der Waals surface area contributed by atoms with Gasteiger partial charge in [-0.3, -0.25) is 4.79 Å². The number of anilines is 1. The first-order chi connectivity index (χ1) is 13.0. The molecule has 3 aliphatic rings. The van der Waals surface area contributed by atoms with Crippen molar-refractivity contribution in [1.29, 1.82) is 0 Å². The molecule has 2 aliphatic heterocycles. The number of aliphatic hydroxyl groups excluding tert-OH is 1. The predicted octanol–water partition coefficient (Wildman–Crippen LogP) is 2.41. The molecule has 0 aromatic heterocycles. The minimum atomic E-state index is -0.382. The van der Waals surface area contributed by atoms with Crippen LogP contribution in [0.5, 0.6) is 0 Å². The number of hydrogen-bond acceptors (Lipinski definition) is 4. The number of carbonyl (C=O) groups excluding carboxylic acids is 1. The number of nitrogens with zero attached hydrogens (tertiary/aromatic N) is 2. The standard InChI is InChI=1S/C21H30FN3O2/c22-18-12-15(13-23)2-7-19(18)24-10-1-8-21(14-24)9-11-25(20(21)27)16-3-5-17(26)6-4-16/h2,7,12,16-17,26H,1,3-6,8-11,13-14,23H2/t16?,17?,21-/m1/s1. The highest BCUT2D eigenvalue weighted by Gasteiger charge is 2.50. The summed E-state index contributed by atoms with van der Waals surface area (Å²) in [5.74, 6) is -0.00820. The van der Waals surface area contributed by atoms with Gasteiger partial charge in [-0.1, -0.05) is 6.07 Å². The zero-order valence-electron chi connectivity index (χ0n) is 15.9. The Labute approximate surface area is 160 Å². The number of carbonyl (C=O) groups is 1. The van der Waals surface area contributed by atoms with Crippen molar-refractivity contribution < 1.29 is 14.3 Å². The van der Waals surface area contributed by atoms with Crippen molar-refractivity contribution in [3.63, 3.8) is 0 Å². The van der Waals surface area contributed by atoms with E-state index in [1.807, 2.05) is 11.0 Å². The van der Waals surface area contributed by atoms with Gasteiger partial charge in [0.25, 0.3) is 0 Å². The topological polar surface area (TPSA) is 69.8 Å². The van der Waals surface area contributed by atoms with Crippen LogP contribution in [0.15, 0.2) is 18.2 Å². The minimum Gasteiger partial charge on any atom is -0.393 e. The molecule has 1 aromatic carbocycles. The Morgan fingerprint density at radius 1 is 1.19 bits per heavy atom. The Morgan fingerprint density at radius 3 is 2.67 bits per heavy atom. The van der Waals surface area contributed by atoms with Gasteiger partial charge in [-0.25, -0.2) is 4.39 Å². The summed E-state index contributed by atoms with van der Waals surface area (Å²) in [6.07, 6.45) is 5.78. The van der Waals surface area contributed by atoms with E-state index < -0.39 is 0 Å². The average Bonchev–Trinajstić information content (AvgIpc) is 2.98. The Bertz CT molecular complexity index is 705. The molecule has 0 unspecified atom stereocenters. The van der Waals surface area contributed by atoms with Gasteiger partial charge in [0.05, 0.1) is 17.2 Å². The second-order valence-electron chi connectivity index (χ2n) is 8.51. The van der Waals surface area contributed by atoms with Gasteiger partial charge in [0, 0.05) is 32.2 Å². The van der Waals surface area contributed by atoms with Crippen LogP contribution in [-0.2, 0) is 11.3 Å². The number of rotatable bonds is 3. The van der Waals surface area contributed by atoms with E-state index >= 15 is 0 Å². The molecule has 1 aromatic rings. The molecule has 1 aliphatic carbocycles. The predicted molar refractivity (Wildman–Crippen MR) is 103 cm³/mol. The van der Waals surface area contributed by atoms with E-state index in [9.17, 15) is 14.3 Å². The van der Waals surface area contributed by atoms with Gasteiger partial charge in [0.1, 0.15) is 5.82 Å². The maximum absolute atomic E-state index is 14.6. The quantitative estimate of drug-likeness (QED) is 0.851. The monoisotopic (exact) mass is 375 g/mol. The summed E-state index contributed by atoms with van der Waals surface area (Å²) in [5, 5.41) is 9.75. The summed E-state index contributed by atoms with van der Waals surface area (Å²) in [6, 6.07) is 5.44. The highest BCUT2D eigenvalue weighted by Crippen LogP contribution is 2.43. The Balaban J connectivity index is 1.50. The third kappa shape index (κ3) is 3.45. The molecule has 148 valence electrons. The molecule has 0 radical (unpaired) electrons. The second-order valence-corrected chi connectivity index (χ2v) is 8.51. The number of likely N-dealkylation sites (tertiary alicyclic amines) is 1. The maximum Gasteiger partial charge on any atom is 0.230 e. The molecule has 6 heteroatoms. The SMILES string of the molecule is NCc1ccc(N2CCC[C@@]3(CCN(C4CCC(O)CC4)C3=O)C2)c(F)c1. The van der Waals surface area contributed by atoms with Crippen molar-refractivity contribution in [2.24, 2.45) is 11.1 Å². The van der Waals surface area contributed by atoms with E-state index in [1.54, 1.807) is 6.07 Å². The van der Waals surface area contributed by atoms with Gasteiger partial charge < -0.3 is 20.6 Å². The summed E-state index contributed by atoms with van der Waals surface area (Å²) in [7, 11) is 0. The van der Waals surface area contributed by atoms with Crippen molar-refractivity contribution in [2.45, 2.75) is 63.6 Å². The number of aliphatic hydroxyl groups is 1. The lowest BCUT2D eigenvalue weighted by Crippen LogP contribution is -2.50. The van der Waals surface area contributed by atoms with Crippen LogP contribution in [0.3, 0.4) is 0 Å². The number of amides is 1. The van der Waals surface area contributed by atoms with E-state index in [0.29, 0.717) is 18.8 Å². The maximum atomic E-state index is 14.6. The molecule has 1 amide bonds. The summed E-state index contributed by atoms with van der Waals surface area (Å²) in [4.78, 5) is 17.5. The fraction of sp³-hybridized carbons (Fsp3) is 0.667. The summed E-state index contributed by atoms with van der Waals surface area (Å²) < 4.78 is 14.6. The van der Waals surface area contributed by atoms with Gasteiger partial charge in [-0.05, 0) is 62.6 Å². The molecule has 2 saturated heterocycles. The molecule has 3 N–H and O–H groups in total. The number of piperidine rings is 1. The summed E-state index contributed by atoms with van der Waals surface area (Å²) in [6.45, 7) is 2.49. The number of benzene rings is 1. The van der Waals surface area contributed by atoms with E-state index in [4.69, 9.17) is 5.73 Å². The lowest BCUT2D eigenvalue weighted by molar-refractivity contribution is -0.139. The Morgan fingerprint density at radius 2 is 1.96 bits per heavy atom. The zero-order chi connectivity index (χ0) is 19.0. The molecule has 0 bridgehead atoms. The molecule has 27 heavy (non-hydrogen) atoms. The molecule has 1 atom stereocenters. The third-order valence-electron chi connectivity index (χ3n) is 6.82. The van der Waals surface area contributed by atoms with Gasteiger partial charge >= 0.3 is 0 Å². The lowest BCUT2D eigenvalue weighted by atomic mass is 9.78. The smallest absolute Gasteiger partial charge is 0.230 e. The van der Waals surface area contributed by atoms with Gasteiger partial charge in [0.15, 0.2) is 0 Å². The number of nitrogens with two attached hydrogens (primary N) is 1.